The van der Waals surface area contributed by atoms with Crippen LogP contribution >= 0.6 is 0 Å². The molecule has 6 nitrogen and oxygen atoms in total. The Bertz CT molecular complexity index is 1090. The van der Waals surface area contributed by atoms with Gasteiger partial charge in [-0.1, -0.05) is 0 Å². The molecule has 3 aromatic rings. The van der Waals surface area contributed by atoms with Crippen LogP contribution in [0.5, 0.6) is 0 Å². The molecule has 0 fully saturated rings. The zero-order valence-corrected chi connectivity index (χ0v) is 15.4. The van der Waals surface area contributed by atoms with Crippen LogP contribution in [-0.2, 0) is 13.0 Å². The highest BCUT2D eigenvalue weighted by Gasteiger charge is 2.24. The van der Waals surface area contributed by atoms with Crippen LogP contribution < -0.4 is 10.9 Å². The van der Waals surface area contributed by atoms with Crippen LogP contribution in [0.4, 0.5) is 10.2 Å². The van der Waals surface area contributed by atoms with Gasteiger partial charge in [-0.3, -0.25) is 14.2 Å². The van der Waals surface area contributed by atoms with E-state index in [1.165, 1.54) is 16.7 Å². The average Bonchev–Trinajstić information content (AvgIpc) is 2.73. The Morgan fingerprint density at radius 2 is 1.96 bits per heavy atom. The summed E-state index contributed by atoms with van der Waals surface area (Å²) in [5, 5.41) is 2.94. The van der Waals surface area contributed by atoms with Gasteiger partial charge in [0.1, 0.15) is 11.6 Å². The Balaban J connectivity index is 1.66. The number of carbonyl (C=O) groups is 1. The topological polar surface area (TPSA) is 67.2 Å². The van der Waals surface area contributed by atoms with Crippen molar-refractivity contribution in [1.82, 2.24) is 14.5 Å². The highest BCUT2D eigenvalue weighted by molar-refractivity contribution is 5.98. The SMILES string of the molecule is CNc1ncccc1C(=O)N1CCc2cc(=O)n(-c3ccc(F)cc3)cc2C1. The van der Waals surface area contributed by atoms with E-state index in [0.717, 1.165) is 11.1 Å². The summed E-state index contributed by atoms with van der Waals surface area (Å²) in [6, 6.07) is 10.8. The maximum atomic E-state index is 13.2. The lowest BCUT2D eigenvalue weighted by atomic mass is 10.0. The molecule has 1 amide bonds. The van der Waals surface area contributed by atoms with Crippen LogP contribution in [0.15, 0.2) is 59.7 Å². The lowest BCUT2D eigenvalue weighted by Gasteiger charge is -2.29. The quantitative estimate of drug-likeness (QED) is 0.761. The molecule has 0 radical (unpaired) electrons. The van der Waals surface area contributed by atoms with E-state index >= 15 is 0 Å². The summed E-state index contributed by atoms with van der Waals surface area (Å²) in [5.74, 6) is 0.0700. The first-order valence-electron chi connectivity index (χ1n) is 8.99. The summed E-state index contributed by atoms with van der Waals surface area (Å²) in [5.41, 5.74) is 2.77. The van der Waals surface area contributed by atoms with Gasteiger partial charge in [-0.25, -0.2) is 9.37 Å². The highest BCUT2D eigenvalue weighted by atomic mass is 19.1. The number of hydrogen-bond acceptors (Lipinski definition) is 4. The van der Waals surface area contributed by atoms with Gasteiger partial charge in [-0.15, -0.1) is 0 Å². The van der Waals surface area contributed by atoms with E-state index in [2.05, 4.69) is 10.3 Å². The van der Waals surface area contributed by atoms with Crippen LogP contribution in [-0.4, -0.2) is 34.0 Å². The van der Waals surface area contributed by atoms with Crippen molar-refractivity contribution in [2.45, 2.75) is 13.0 Å². The molecule has 0 saturated heterocycles. The average molecular weight is 378 g/mol. The molecule has 0 atom stereocenters. The van der Waals surface area contributed by atoms with Gasteiger partial charge in [0, 0.05) is 44.3 Å². The second kappa shape index (κ2) is 7.26. The molecule has 142 valence electrons. The van der Waals surface area contributed by atoms with Crippen molar-refractivity contribution in [1.29, 1.82) is 0 Å². The van der Waals surface area contributed by atoms with E-state index in [4.69, 9.17) is 0 Å². The number of amides is 1. The predicted molar refractivity (Wildman–Crippen MR) is 104 cm³/mol. The second-order valence-electron chi connectivity index (χ2n) is 6.63. The number of fused-ring (bicyclic) bond motifs is 1. The zero-order chi connectivity index (χ0) is 19.7. The molecule has 0 unspecified atom stereocenters. The van der Waals surface area contributed by atoms with Crippen LogP contribution in [0.25, 0.3) is 5.69 Å². The summed E-state index contributed by atoms with van der Waals surface area (Å²) in [4.78, 5) is 31.4. The molecular formula is C21H19FN4O2. The molecule has 4 rings (SSSR count). The largest absolute Gasteiger partial charge is 0.372 e. The number of aromatic nitrogens is 2. The van der Waals surface area contributed by atoms with E-state index in [9.17, 15) is 14.0 Å². The van der Waals surface area contributed by atoms with Crippen molar-refractivity contribution < 1.29 is 9.18 Å². The molecule has 0 spiro atoms. The zero-order valence-electron chi connectivity index (χ0n) is 15.4. The number of pyridine rings is 2. The Morgan fingerprint density at radius 1 is 1.18 bits per heavy atom. The molecule has 1 aliphatic rings. The summed E-state index contributed by atoms with van der Waals surface area (Å²) in [7, 11) is 1.73. The van der Waals surface area contributed by atoms with Crippen molar-refractivity contribution in [3.8, 4) is 5.69 Å². The van der Waals surface area contributed by atoms with E-state index in [-0.39, 0.29) is 17.3 Å². The first kappa shape index (κ1) is 17.9. The number of rotatable bonds is 3. The molecule has 1 aromatic carbocycles. The third-order valence-electron chi connectivity index (χ3n) is 4.91. The van der Waals surface area contributed by atoms with Crippen molar-refractivity contribution in [3.63, 3.8) is 0 Å². The fraction of sp³-hybridized carbons (Fsp3) is 0.190. The minimum atomic E-state index is -0.358. The summed E-state index contributed by atoms with van der Waals surface area (Å²) < 4.78 is 14.7. The van der Waals surface area contributed by atoms with Gasteiger partial charge in [-0.2, -0.15) is 0 Å². The molecule has 0 bridgehead atoms. The number of carbonyl (C=O) groups excluding carboxylic acids is 1. The van der Waals surface area contributed by atoms with Gasteiger partial charge in [0.05, 0.1) is 5.56 Å². The third kappa shape index (κ3) is 3.26. The fourth-order valence-corrected chi connectivity index (χ4v) is 3.45. The second-order valence-corrected chi connectivity index (χ2v) is 6.63. The van der Waals surface area contributed by atoms with Crippen LogP contribution in [0.2, 0.25) is 0 Å². The van der Waals surface area contributed by atoms with Gasteiger partial charge in [-0.05, 0) is 53.9 Å². The summed E-state index contributed by atoms with van der Waals surface area (Å²) in [6.45, 7) is 0.928. The van der Waals surface area contributed by atoms with E-state index in [1.807, 2.05) is 0 Å². The monoisotopic (exact) mass is 378 g/mol. The molecule has 7 heteroatoms. The molecule has 0 aliphatic carbocycles. The number of anilines is 1. The van der Waals surface area contributed by atoms with Crippen molar-refractivity contribution in [2.24, 2.45) is 0 Å². The Morgan fingerprint density at radius 3 is 2.71 bits per heavy atom. The van der Waals surface area contributed by atoms with Crippen molar-refractivity contribution in [3.05, 3.63) is 87.7 Å². The first-order chi connectivity index (χ1) is 13.6. The number of hydrogen-bond donors (Lipinski definition) is 1. The lowest BCUT2D eigenvalue weighted by molar-refractivity contribution is 0.0735. The standard InChI is InChI=1S/C21H19FN4O2/c1-23-20-18(3-2-9-24-20)21(28)25-10-8-14-11-19(27)26(13-15(14)12-25)17-6-4-16(22)5-7-17/h2-7,9,11,13H,8,10,12H2,1H3,(H,23,24). The maximum absolute atomic E-state index is 13.2. The smallest absolute Gasteiger partial charge is 0.257 e. The third-order valence-corrected chi connectivity index (χ3v) is 4.91. The minimum absolute atomic E-state index is 0.109. The molecule has 1 aliphatic heterocycles. The normalized spacial score (nSPS) is 13.1. The number of nitrogens with one attached hydrogen (secondary N) is 1. The first-order valence-corrected chi connectivity index (χ1v) is 8.99. The van der Waals surface area contributed by atoms with Crippen LogP contribution in [0.3, 0.4) is 0 Å². The lowest BCUT2D eigenvalue weighted by Crippen LogP contribution is -2.37. The van der Waals surface area contributed by atoms with E-state index in [0.29, 0.717) is 36.6 Å². The van der Waals surface area contributed by atoms with Gasteiger partial charge in [0.15, 0.2) is 0 Å². The Labute approximate surface area is 161 Å². The summed E-state index contributed by atoms with van der Waals surface area (Å²) >= 11 is 0. The number of benzene rings is 1. The summed E-state index contributed by atoms with van der Waals surface area (Å²) in [6.07, 6.45) is 3.98. The van der Waals surface area contributed by atoms with Gasteiger partial charge in [0.25, 0.3) is 11.5 Å². The van der Waals surface area contributed by atoms with Crippen molar-refractivity contribution in [2.75, 3.05) is 18.9 Å². The van der Waals surface area contributed by atoms with E-state index in [1.54, 1.807) is 54.7 Å². The van der Waals surface area contributed by atoms with Gasteiger partial charge >= 0.3 is 0 Å². The molecular weight excluding hydrogens is 359 g/mol. The van der Waals surface area contributed by atoms with Gasteiger partial charge < -0.3 is 10.2 Å². The highest BCUT2D eigenvalue weighted by Crippen LogP contribution is 2.22. The number of nitrogens with zero attached hydrogens (tertiary/aromatic N) is 3. The van der Waals surface area contributed by atoms with E-state index < -0.39 is 0 Å². The Kier molecular flexibility index (Phi) is 4.65. The van der Waals surface area contributed by atoms with Crippen LogP contribution in [0, 0.1) is 5.82 Å². The molecule has 0 saturated carbocycles. The molecule has 3 heterocycles. The number of halogens is 1. The van der Waals surface area contributed by atoms with Crippen LogP contribution in [0.1, 0.15) is 21.5 Å². The van der Waals surface area contributed by atoms with Crippen molar-refractivity contribution >= 4 is 11.7 Å². The van der Waals surface area contributed by atoms with Gasteiger partial charge in [0.2, 0.25) is 0 Å². The maximum Gasteiger partial charge on any atom is 0.257 e. The molecule has 28 heavy (non-hydrogen) atoms. The predicted octanol–water partition coefficient (Wildman–Crippen LogP) is 2.61. The Hall–Kier alpha value is -3.48. The minimum Gasteiger partial charge on any atom is -0.372 e. The molecule has 1 N–H and O–H groups in total. The fourth-order valence-electron chi connectivity index (χ4n) is 3.45. The molecule has 2 aromatic heterocycles.